The number of hydrogen-bond acceptors (Lipinski definition) is 3. The number of hydrogen-bond donors (Lipinski definition) is 2. The Balaban J connectivity index is 2.37. The van der Waals surface area contributed by atoms with E-state index >= 15 is 0 Å². The average molecular weight is 282 g/mol. The van der Waals surface area contributed by atoms with E-state index < -0.39 is 0 Å². The first-order chi connectivity index (χ1) is 8.58. The van der Waals surface area contributed by atoms with Crippen LogP contribution in [0.25, 0.3) is 0 Å². The highest BCUT2D eigenvalue weighted by Crippen LogP contribution is 2.31. The molecule has 1 heterocycles. The SMILES string of the molecule is N=C(N)c1cccnc1Oc1ccc(Cl)cc1Cl. The van der Waals surface area contributed by atoms with Gasteiger partial charge in [-0.25, -0.2) is 4.98 Å². The lowest BCUT2D eigenvalue weighted by atomic mass is 10.2. The van der Waals surface area contributed by atoms with Gasteiger partial charge in [-0.3, -0.25) is 5.41 Å². The molecule has 2 rings (SSSR count). The van der Waals surface area contributed by atoms with Gasteiger partial charge in [-0.2, -0.15) is 0 Å². The van der Waals surface area contributed by atoms with Crippen molar-refractivity contribution in [1.82, 2.24) is 4.98 Å². The van der Waals surface area contributed by atoms with Crippen LogP contribution in [0, 0.1) is 5.41 Å². The summed E-state index contributed by atoms with van der Waals surface area (Å²) < 4.78 is 5.53. The van der Waals surface area contributed by atoms with Gasteiger partial charge in [0.05, 0.1) is 10.6 Å². The second-order valence-corrected chi connectivity index (χ2v) is 4.29. The van der Waals surface area contributed by atoms with Gasteiger partial charge in [0, 0.05) is 11.2 Å². The molecule has 6 heteroatoms. The lowest BCUT2D eigenvalue weighted by Gasteiger charge is -2.09. The quantitative estimate of drug-likeness (QED) is 0.668. The maximum Gasteiger partial charge on any atom is 0.230 e. The molecule has 0 radical (unpaired) electrons. The van der Waals surface area contributed by atoms with Crippen LogP contribution in [0.2, 0.25) is 10.0 Å². The summed E-state index contributed by atoms with van der Waals surface area (Å²) in [6.07, 6.45) is 1.55. The number of benzene rings is 1. The smallest absolute Gasteiger partial charge is 0.230 e. The van der Waals surface area contributed by atoms with E-state index in [4.69, 9.17) is 39.1 Å². The maximum atomic E-state index is 7.43. The van der Waals surface area contributed by atoms with Crippen LogP contribution in [0.5, 0.6) is 11.6 Å². The molecule has 0 amide bonds. The van der Waals surface area contributed by atoms with Gasteiger partial charge in [-0.05, 0) is 30.3 Å². The predicted octanol–water partition coefficient (Wildman–Crippen LogP) is 3.46. The van der Waals surface area contributed by atoms with Crippen LogP contribution in [-0.2, 0) is 0 Å². The number of nitrogens with one attached hydrogen (secondary N) is 1. The first-order valence-electron chi connectivity index (χ1n) is 5.00. The minimum Gasteiger partial charge on any atom is -0.437 e. The van der Waals surface area contributed by atoms with Crippen LogP contribution in [0.4, 0.5) is 0 Å². The Kier molecular flexibility index (Phi) is 3.69. The Morgan fingerprint density at radius 2 is 2.06 bits per heavy atom. The van der Waals surface area contributed by atoms with E-state index in [0.717, 1.165) is 0 Å². The summed E-state index contributed by atoms with van der Waals surface area (Å²) in [4.78, 5) is 4.02. The summed E-state index contributed by atoms with van der Waals surface area (Å²) in [5, 5.41) is 8.31. The summed E-state index contributed by atoms with van der Waals surface area (Å²) in [6.45, 7) is 0. The normalized spacial score (nSPS) is 10.1. The summed E-state index contributed by atoms with van der Waals surface area (Å²) in [7, 11) is 0. The zero-order valence-electron chi connectivity index (χ0n) is 9.15. The van der Waals surface area contributed by atoms with Crippen molar-refractivity contribution in [2.45, 2.75) is 0 Å². The van der Waals surface area contributed by atoms with E-state index in [2.05, 4.69) is 4.98 Å². The minimum absolute atomic E-state index is 0.122. The fourth-order valence-electron chi connectivity index (χ4n) is 1.34. The number of rotatable bonds is 3. The first kappa shape index (κ1) is 12.7. The lowest BCUT2D eigenvalue weighted by molar-refractivity contribution is 0.462. The van der Waals surface area contributed by atoms with Gasteiger partial charge in [0.25, 0.3) is 0 Å². The molecule has 3 N–H and O–H groups in total. The standard InChI is InChI=1S/C12H9Cl2N3O/c13-7-3-4-10(9(14)6-7)18-12-8(11(15)16)2-1-5-17-12/h1-6H,(H3,15,16). The molecule has 2 aromatic rings. The highest BCUT2D eigenvalue weighted by molar-refractivity contribution is 6.35. The zero-order valence-corrected chi connectivity index (χ0v) is 10.7. The Hall–Kier alpha value is -1.78. The van der Waals surface area contributed by atoms with Gasteiger partial charge in [0.15, 0.2) is 0 Å². The number of aromatic nitrogens is 1. The van der Waals surface area contributed by atoms with Crippen molar-refractivity contribution < 1.29 is 4.74 Å². The Morgan fingerprint density at radius 3 is 2.72 bits per heavy atom. The molecule has 18 heavy (non-hydrogen) atoms. The fourth-order valence-corrected chi connectivity index (χ4v) is 1.79. The largest absolute Gasteiger partial charge is 0.437 e. The molecule has 0 fully saturated rings. The lowest BCUT2D eigenvalue weighted by Crippen LogP contribution is -2.12. The van der Waals surface area contributed by atoms with E-state index in [-0.39, 0.29) is 11.7 Å². The molecule has 0 aliphatic heterocycles. The van der Waals surface area contributed by atoms with Crippen LogP contribution in [-0.4, -0.2) is 10.8 Å². The molecule has 0 aliphatic rings. The van der Waals surface area contributed by atoms with Gasteiger partial charge in [0.1, 0.15) is 11.6 Å². The molecule has 0 atom stereocenters. The van der Waals surface area contributed by atoms with Gasteiger partial charge in [-0.1, -0.05) is 23.2 Å². The zero-order chi connectivity index (χ0) is 13.1. The third kappa shape index (κ3) is 2.72. The Bertz CT molecular complexity index is 602. The van der Waals surface area contributed by atoms with Crippen molar-refractivity contribution in [3.8, 4) is 11.6 Å². The molecular formula is C12H9Cl2N3O. The topological polar surface area (TPSA) is 72.0 Å². The van der Waals surface area contributed by atoms with E-state index in [1.54, 1.807) is 36.5 Å². The molecule has 92 valence electrons. The molecule has 0 aliphatic carbocycles. The second-order valence-electron chi connectivity index (χ2n) is 3.45. The molecule has 0 spiro atoms. The highest BCUT2D eigenvalue weighted by Gasteiger charge is 2.10. The van der Waals surface area contributed by atoms with Gasteiger partial charge < -0.3 is 10.5 Å². The van der Waals surface area contributed by atoms with E-state index in [1.165, 1.54) is 0 Å². The average Bonchev–Trinajstić information content (AvgIpc) is 2.33. The van der Waals surface area contributed by atoms with Crippen molar-refractivity contribution in [3.63, 3.8) is 0 Å². The third-order valence-electron chi connectivity index (χ3n) is 2.16. The van der Waals surface area contributed by atoms with Crippen molar-refractivity contribution in [1.29, 1.82) is 5.41 Å². The van der Waals surface area contributed by atoms with Crippen molar-refractivity contribution >= 4 is 29.0 Å². The molecule has 0 bridgehead atoms. The molecular weight excluding hydrogens is 273 g/mol. The van der Waals surface area contributed by atoms with Crippen LogP contribution in [0.15, 0.2) is 36.5 Å². The highest BCUT2D eigenvalue weighted by atomic mass is 35.5. The molecule has 0 saturated heterocycles. The van der Waals surface area contributed by atoms with Crippen LogP contribution < -0.4 is 10.5 Å². The Morgan fingerprint density at radius 1 is 1.28 bits per heavy atom. The van der Waals surface area contributed by atoms with Gasteiger partial charge in [0.2, 0.25) is 5.88 Å². The maximum absolute atomic E-state index is 7.43. The predicted molar refractivity (Wildman–Crippen MR) is 71.8 cm³/mol. The monoisotopic (exact) mass is 281 g/mol. The van der Waals surface area contributed by atoms with E-state index in [1.807, 2.05) is 0 Å². The first-order valence-corrected chi connectivity index (χ1v) is 5.76. The number of nitrogen functional groups attached to an aromatic ring is 1. The molecule has 0 unspecified atom stereocenters. The van der Waals surface area contributed by atoms with Crippen molar-refractivity contribution in [2.75, 3.05) is 0 Å². The summed E-state index contributed by atoms with van der Waals surface area (Å²) in [5.41, 5.74) is 5.85. The van der Waals surface area contributed by atoms with E-state index in [9.17, 15) is 0 Å². The number of amidine groups is 1. The number of nitrogens with two attached hydrogens (primary N) is 1. The van der Waals surface area contributed by atoms with Crippen LogP contribution >= 0.6 is 23.2 Å². The van der Waals surface area contributed by atoms with Gasteiger partial charge >= 0.3 is 0 Å². The second kappa shape index (κ2) is 5.25. The number of nitrogens with zero attached hydrogens (tertiary/aromatic N) is 1. The fraction of sp³-hybridized carbons (Fsp3) is 0. The molecule has 4 nitrogen and oxygen atoms in total. The van der Waals surface area contributed by atoms with Crippen LogP contribution in [0.1, 0.15) is 5.56 Å². The number of pyridine rings is 1. The number of ether oxygens (including phenoxy) is 1. The molecule has 1 aromatic heterocycles. The summed E-state index contributed by atoms with van der Waals surface area (Å²) >= 11 is 11.8. The van der Waals surface area contributed by atoms with Crippen LogP contribution in [0.3, 0.4) is 0 Å². The molecule has 1 aromatic carbocycles. The third-order valence-corrected chi connectivity index (χ3v) is 2.69. The van der Waals surface area contributed by atoms with Crippen molar-refractivity contribution in [3.05, 3.63) is 52.1 Å². The minimum atomic E-state index is -0.122. The summed E-state index contributed by atoms with van der Waals surface area (Å²) in [5.74, 6) is 0.514. The van der Waals surface area contributed by atoms with Crippen molar-refractivity contribution in [2.24, 2.45) is 5.73 Å². The van der Waals surface area contributed by atoms with Gasteiger partial charge in [-0.15, -0.1) is 0 Å². The van der Waals surface area contributed by atoms with E-state index in [0.29, 0.717) is 21.4 Å². The molecule has 0 saturated carbocycles. The summed E-state index contributed by atoms with van der Waals surface area (Å²) in [6, 6.07) is 8.17. The number of halogens is 2. The Labute approximate surface area is 114 Å².